The molecule has 28 heavy (non-hydrogen) atoms. The lowest BCUT2D eigenvalue weighted by Gasteiger charge is -2.26. The molecule has 0 bridgehead atoms. The lowest BCUT2D eigenvalue weighted by Crippen LogP contribution is -2.16. The maximum Gasteiger partial charge on any atom is 0.257 e. The van der Waals surface area contributed by atoms with Gasteiger partial charge in [0, 0.05) is 30.0 Å². The molecule has 0 saturated heterocycles. The van der Waals surface area contributed by atoms with Gasteiger partial charge in [0.1, 0.15) is 5.75 Å². The zero-order valence-electron chi connectivity index (χ0n) is 16.0. The summed E-state index contributed by atoms with van der Waals surface area (Å²) >= 11 is 5.94. The van der Waals surface area contributed by atoms with Crippen LogP contribution in [0.4, 0.5) is 5.69 Å². The highest BCUT2D eigenvalue weighted by Gasteiger charge is 2.21. The number of anilines is 1. The van der Waals surface area contributed by atoms with Gasteiger partial charge in [-0.25, -0.2) is 0 Å². The van der Waals surface area contributed by atoms with Gasteiger partial charge in [0.2, 0.25) is 0 Å². The number of benzene rings is 1. The van der Waals surface area contributed by atoms with Crippen LogP contribution in [0.3, 0.4) is 0 Å². The number of amides is 1. The smallest absolute Gasteiger partial charge is 0.257 e. The minimum Gasteiger partial charge on any atom is -0.494 e. The van der Waals surface area contributed by atoms with E-state index in [9.17, 15) is 4.79 Å². The van der Waals surface area contributed by atoms with Crippen molar-refractivity contribution in [2.75, 3.05) is 12.4 Å². The molecule has 1 N–H and O–H groups in total. The first-order chi connectivity index (χ1) is 13.5. The molecule has 0 spiro atoms. The molecule has 1 saturated carbocycles. The van der Waals surface area contributed by atoms with E-state index in [2.05, 4.69) is 28.1 Å². The minimum absolute atomic E-state index is 0.290. The molecule has 1 aliphatic rings. The number of rotatable bonds is 4. The number of ether oxygens (including phenoxy) is 1. The standard InChI is InChI=1S/C21H23ClN4O2/c1-13-3-5-17(6-4-13)26-12-15-8-19(20(28-2)9-18(15)25-26)24-21(27)14-7-16(22)11-23-10-14/h7-13,17H,3-6H2,1-2H3,(H,24,27). The lowest BCUT2D eigenvalue weighted by molar-refractivity contribution is 0.102. The van der Waals surface area contributed by atoms with Gasteiger partial charge >= 0.3 is 0 Å². The Hall–Kier alpha value is -2.60. The van der Waals surface area contributed by atoms with Crippen molar-refractivity contribution in [3.8, 4) is 5.75 Å². The van der Waals surface area contributed by atoms with Gasteiger partial charge in [0.05, 0.1) is 34.9 Å². The molecule has 4 rings (SSSR count). The van der Waals surface area contributed by atoms with Gasteiger partial charge in [0.25, 0.3) is 5.91 Å². The van der Waals surface area contributed by atoms with Gasteiger partial charge in [-0.05, 0) is 43.7 Å². The fourth-order valence-corrected chi connectivity index (χ4v) is 3.94. The van der Waals surface area contributed by atoms with Crippen LogP contribution in [0.15, 0.2) is 36.8 Å². The molecule has 7 heteroatoms. The van der Waals surface area contributed by atoms with Crippen molar-refractivity contribution in [2.24, 2.45) is 5.92 Å². The van der Waals surface area contributed by atoms with Crippen LogP contribution >= 0.6 is 11.6 Å². The third-order valence-corrected chi connectivity index (χ3v) is 5.62. The van der Waals surface area contributed by atoms with Crippen molar-refractivity contribution in [3.63, 3.8) is 0 Å². The number of hydrogen-bond acceptors (Lipinski definition) is 4. The molecule has 2 heterocycles. The second-order valence-electron chi connectivity index (χ2n) is 7.48. The zero-order chi connectivity index (χ0) is 19.7. The van der Waals surface area contributed by atoms with Crippen molar-refractivity contribution >= 4 is 34.1 Å². The summed E-state index contributed by atoms with van der Waals surface area (Å²) in [6, 6.07) is 5.78. The van der Waals surface area contributed by atoms with E-state index in [1.54, 1.807) is 13.2 Å². The largest absolute Gasteiger partial charge is 0.494 e. The van der Waals surface area contributed by atoms with Crippen molar-refractivity contribution < 1.29 is 9.53 Å². The van der Waals surface area contributed by atoms with Gasteiger partial charge in [-0.3, -0.25) is 14.5 Å². The molecule has 0 unspecified atom stereocenters. The molecular weight excluding hydrogens is 376 g/mol. The van der Waals surface area contributed by atoms with Crippen LogP contribution in [0.25, 0.3) is 10.9 Å². The van der Waals surface area contributed by atoms with E-state index < -0.39 is 0 Å². The van der Waals surface area contributed by atoms with E-state index in [-0.39, 0.29) is 5.91 Å². The Morgan fingerprint density at radius 3 is 2.71 bits per heavy atom. The number of halogens is 1. The number of hydrogen-bond donors (Lipinski definition) is 1. The van der Waals surface area contributed by atoms with E-state index in [1.165, 1.54) is 25.2 Å². The van der Waals surface area contributed by atoms with E-state index >= 15 is 0 Å². The maximum absolute atomic E-state index is 12.6. The highest BCUT2D eigenvalue weighted by molar-refractivity contribution is 6.30. The number of aromatic nitrogens is 3. The summed E-state index contributed by atoms with van der Waals surface area (Å²) in [5.74, 6) is 1.07. The molecule has 3 aromatic rings. The fraction of sp³-hybridized carbons (Fsp3) is 0.381. The van der Waals surface area contributed by atoms with Gasteiger partial charge in [0.15, 0.2) is 0 Å². The maximum atomic E-state index is 12.6. The number of nitrogens with one attached hydrogen (secondary N) is 1. The van der Waals surface area contributed by atoms with Gasteiger partial charge in [-0.15, -0.1) is 0 Å². The third-order valence-electron chi connectivity index (χ3n) is 5.42. The van der Waals surface area contributed by atoms with Crippen LogP contribution in [-0.2, 0) is 0 Å². The number of carbonyl (C=O) groups is 1. The minimum atomic E-state index is -0.290. The van der Waals surface area contributed by atoms with Gasteiger partial charge in [-0.2, -0.15) is 5.10 Å². The lowest BCUT2D eigenvalue weighted by atomic mass is 9.87. The number of carbonyl (C=O) groups excluding carboxylic acids is 1. The molecule has 1 amide bonds. The van der Waals surface area contributed by atoms with Crippen molar-refractivity contribution in [3.05, 3.63) is 47.4 Å². The Morgan fingerprint density at radius 1 is 1.21 bits per heavy atom. The normalized spacial score (nSPS) is 19.5. The summed E-state index contributed by atoms with van der Waals surface area (Å²) in [7, 11) is 1.58. The summed E-state index contributed by atoms with van der Waals surface area (Å²) in [4.78, 5) is 16.5. The summed E-state index contributed by atoms with van der Waals surface area (Å²) in [5, 5.41) is 9.03. The summed E-state index contributed by atoms with van der Waals surface area (Å²) in [5.41, 5.74) is 1.84. The monoisotopic (exact) mass is 398 g/mol. The first kappa shape index (κ1) is 18.7. The average molecular weight is 399 g/mol. The molecule has 2 aromatic heterocycles. The van der Waals surface area contributed by atoms with Gasteiger partial charge < -0.3 is 10.1 Å². The quantitative estimate of drug-likeness (QED) is 0.664. The number of methoxy groups -OCH3 is 1. The van der Waals surface area contributed by atoms with Crippen LogP contribution in [-0.4, -0.2) is 27.8 Å². The summed E-state index contributed by atoms with van der Waals surface area (Å²) in [6.07, 6.45) is 9.80. The summed E-state index contributed by atoms with van der Waals surface area (Å²) < 4.78 is 7.55. The second kappa shape index (κ2) is 7.80. The number of nitrogens with zero attached hydrogens (tertiary/aromatic N) is 3. The van der Waals surface area contributed by atoms with Crippen LogP contribution in [0.1, 0.15) is 49.0 Å². The zero-order valence-corrected chi connectivity index (χ0v) is 16.7. The number of pyridine rings is 1. The molecule has 1 aliphatic carbocycles. The van der Waals surface area contributed by atoms with Crippen LogP contribution in [0, 0.1) is 5.92 Å². The molecule has 6 nitrogen and oxygen atoms in total. The van der Waals surface area contributed by atoms with Crippen LogP contribution in [0.2, 0.25) is 5.02 Å². The van der Waals surface area contributed by atoms with E-state index in [0.29, 0.717) is 28.1 Å². The molecule has 0 atom stereocenters. The topological polar surface area (TPSA) is 69.0 Å². The Balaban J connectivity index is 1.62. The Morgan fingerprint density at radius 2 is 2.00 bits per heavy atom. The van der Waals surface area contributed by atoms with Crippen molar-refractivity contribution in [1.29, 1.82) is 0 Å². The van der Waals surface area contributed by atoms with Gasteiger partial charge in [-0.1, -0.05) is 18.5 Å². The van der Waals surface area contributed by atoms with E-state index in [0.717, 1.165) is 29.7 Å². The second-order valence-corrected chi connectivity index (χ2v) is 7.92. The molecule has 0 aliphatic heterocycles. The third kappa shape index (κ3) is 3.83. The molecule has 1 aromatic carbocycles. The summed E-state index contributed by atoms with van der Waals surface area (Å²) in [6.45, 7) is 2.31. The average Bonchev–Trinajstić information content (AvgIpc) is 3.10. The highest BCUT2D eigenvalue weighted by atomic mass is 35.5. The predicted molar refractivity (Wildman–Crippen MR) is 110 cm³/mol. The van der Waals surface area contributed by atoms with E-state index in [1.807, 2.05) is 12.1 Å². The van der Waals surface area contributed by atoms with Crippen LogP contribution < -0.4 is 10.1 Å². The first-order valence-electron chi connectivity index (χ1n) is 9.52. The van der Waals surface area contributed by atoms with Crippen molar-refractivity contribution in [1.82, 2.24) is 14.8 Å². The molecule has 146 valence electrons. The Labute approximate surface area is 168 Å². The molecule has 1 fully saturated rings. The fourth-order valence-electron chi connectivity index (χ4n) is 3.76. The van der Waals surface area contributed by atoms with Crippen LogP contribution in [0.5, 0.6) is 5.75 Å². The SMILES string of the molecule is COc1cc2nn(C3CCC(C)CC3)cc2cc1NC(=O)c1cncc(Cl)c1. The Kier molecular flexibility index (Phi) is 5.22. The Bertz CT molecular complexity index is 1010. The predicted octanol–water partition coefficient (Wildman–Crippen LogP) is 5.10. The first-order valence-corrected chi connectivity index (χ1v) is 9.90. The van der Waals surface area contributed by atoms with Crippen molar-refractivity contribution in [2.45, 2.75) is 38.6 Å². The highest BCUT2D eigenvalue weighted by Crippen LogP contribution is 2.34. The number of fused-ring (bicyclic) bond motifs is 1. The molecular formula is C21H23ClN4O2. The van der Waals surface area contributed by atoms with E-state index in [4.69, 9.17) is 21.4 Å². The molecule has 0 radical (unpaired) electrons.